The number of fused-ring (bicyclic) bond motifs is 6. The zero-order valence-corrected chi connectivity index (χ0v) is 23.2. The minimum Gasteiger partial charge on any atom is -0.455 e. The quantitative estimate of drug-likeness (QED) is 0.246. The van der Waals surface area contributed by atoms with E-state index in [9.17, 15) is 0 Å². The molecular formula is C35H37NO. The Balaban J connectivity index is 1.66. The predicted molar refractivity (Wildman–Crippen MR) is 156 cm³/mol. The van der Waals surface area contributed by atoms with Crippen LogP contribution >= 0.6 is 0 Å². The first-order valence-corrected chi connectivity index (χ1v) is 13.7. The fourth-order valence-corrected chi connectivity index (χ4v) is 6.88. The maximum atomic E-state index is 6.78. The van der Waals surface area contributed by atoms with Gasteiger partial charge < -0.3 is 4.42 Å². The van der Waals surface area contributed by atoms with Gasteiger partial charge in [-0.1, -0.05) is 64.1 Å². The van der Waals surface area contributed by atoms with Gasteiger partial charge in [-0.2, -0.15) is 0 Å². The van der Waals surface area contributed by atoms with Crippen LogP contribution in [-0.4, -0.2) is 4.98 Å². The van der Waals surface area contributed by atoms with Crippen LogP contribution in [-0.2, 0) is 5.41 Å². The molecule has 2 nitrogen and oxygen atoms in total. The minimum atomic E-state index is 0.00972. The lowest BCUT2D eigenvalue weighted by molar-refractivity contribution is 0.337. The Morgan fingerprint density at radius 1 is 0.730 bits per heavy atom. The van der Waals surface area contributed by atoms with Crippen molar-refractivity contribution in [3.63, 3.8) is 0 Å². The normalized spacial score (nSPS) is 14.2. The number of nitrogens with zero attached hydrogens (tertiary/aromatic N) is 1. The zero-order chi connectivity index (χ0) is 26.1. The predicted octanol–water partition coefficient (Wildman–Crippen LogP) is 9.93. The second-order valence-corrected chi connectivity index (χ2v) is 12.1. The average molecular weight is 488 g/mol. The van der Waals surface area contributed by atoms with Gasteiger partial charge in [-0.05, 0) is 103 Å². The molecule has 188 valence electrons. The molecule has 1 aliphatic rings. The summed E-state index contributed by atoms with van der Waals surface area (Å²) in [7, 11) is 0. The molecule has 0 amide bonds. The highest BCUT2D eigenvalue weighted by atomic mass is 16.3. The van der Waals surface area contributed by atoms with Gasteiger partial charge in [0.25, 0.3) is 0 Å². The molecule has 0 aliphatic heterocycles. The molecule has 2 heterocycles. The highest BCUT2D eigenvalue weighted by molar-refractivity contribution is 6.12. The van der Waals surface area contributed by atoms with E-state index < -0.39 is 0 Å². The molecule has 3 aromatic carbocycles. The molecule has 37 heavy (non-hydrogen) atoms. The summed E-state index contributed by atoms with van der Waals surface area (Å²) in [5.74, 6) is 1.18. The molecule has 2 aromatic heterocycles. The third-order valence-electron chi connectivity index (χ3n) is 8.38. The van der Waals surface area contributed by atoms with Gasteiger partial charge in [0.2, 0.25) is 0 Å². The van der Waals surface area contributed by atoms with Crippen molar-refractivity contribution in [2.24, 2.45) is 11.8 Å². The van der Waals surface area contributed by atoms with Crippen molar-refractivity contribution < 1.29 is 4.42 Å². The Kier molecular flexibility index (Phi) is 5.56. The fraction of sp³-hybridized carbons (Fsp3) is 0.343. The van der Waals surface area contributed by atoms with Crippen LogP contribution in [0.4, 0.5) is 0 Å². The summed E-state index contributed by atoms with van der Waals surface area (Å²) in [5.41, 5.74) is 13.4. The Hall–Kier alpha value is -3.39. The second kappa shape index (κ2) is 8.58. The Morgan fingerprint density at radius 3 is 2.16 bits per heavy atom. The zero-order valence-electron chi connectivity index (χ0n) is 23.2. The number of aryl methyl sites for hydroxylation is 3. The Bertz CT molecular complexity index is 1660. The molecule has 5 aromatic rings. The van der Waals surface area contributed by atoms with Crippen molar-refractivity contribution >= 4 is 21.9 Å². The minimum absolute atomic E-state index is 0.00972. The van der Waals surface area contributed by atoms with Gasteiger partial charge >= 0.3 is 0 Å². The number of furan rings is 1. The van der Waals surface area contributed by atoms with Gasteiger partial charge in [0, 0.05) is 27.9 Å². The molecule has 0 spiro atoms. The van der Waals surface area contributed by atoms with Crippen LogP contribution in [0.5, 0.6) is 0 Å². The maximum absolute atomic E-state index is 6.78. The Morgan fingerprint density at radius 2 is 1.46 bits per heavy atom. The molecular weight excluding hydrogens is 450 g/mol. The van der Waals surface area contributed by atoms with Crippen LogP contribution < -0.4 is 0 Å². The number of aromatic nitrogens is 1. The number of benzene rings is 3. The molecule has 0 fully saturated rings. The van der Waals surface area contributed by atoms with Gasteiger partial charge in [0.15, 0.2) is 0 Å². The third kappa shape index (κ3) is 3.64. The molecule has 2 heteroatoms. The van der Waals surface area contributed by atoms with Crippen molar-refractivity contribution in [2.75, 3.05) is 0 Å². The van der Waals surface area contributed by atoms with Crippen LogP contribution in [0.3, 0.4) is 0 Å². The van der Waals surface area contributed by atoms with Gasteiger partial charge in [-0.25, -0.2) is 0 Å². The summed E-state index contributed by atoms with van der Waals surface area (Å²) in [6, 6.07) is 20.5. The lowest BCUT2D eigenvalue weighted by Crippen LogP contribution is -2.29. The van der Waals surface area contributed by atoms with E-state index in [1.807, 2.05) is 6.20 Å². The van der Waals surface area contributed by atoms with E-state index >= 15 is 0 Å². The average Bonchev–Trinajstić information content (AvgIpc) is 3.32. The van der Waals surface area contributed by atoms with E-state index in [-0.39, 0.29) is 5.41 Å². The van der Waals surface area contributed by atoms with E-state index in [0.717, 1.165) is 35.3 Å². The number of hydrogen-bond donors (Lipinski definition) is 0. The summed E-state index contributed by atoms with van der Waals surface area (Å²) >= 11 is 0. The van der Waals surface area contributed by atoms with Gasteiger partial charge in [0.1, 0.15) is 11.2 Å². The highest BCUT2D eigenvalue weighted by Gasteiger charge is 2.44. The molecule has 0 atom stereocenters. The van der Waals surface area contributed by atoms with Gasteiger partial charge in [0.05, 0.1) is 5.69 Å². The van der Waals surface area contributed by atoms with Crippen molar-refractivity contribution in [1.82, 2.24) is 4.98 Å². The lowest BCUT2D eigenvalue weighted by atomic mass is 9.68. The van der Waals surface area contributed by atoms with E-state index in [1.54, 1.807) is 0 Å². The number of pyridine rings is 1. The Labute approximate surface area is 220 Å². The number of hydrogen-bond acceptors (Lipinski definition) is 2. The van der Waals surface area contributed by atoms with E-state index in [0.29, 0.717) is 11.8 Å². The molecule has 0 N–H and O–H groups in total. The van der Waals surface area contributed by atoms with Crippen LogP contribution in [0.2, 0.25) is 0 Å². The summed E-state index contributed by atoms with van der Waals surface area (Å²) in [5, 5.41) is 2.36. The lowest BCUT2D eigenvalue weighted by Gasteiger charge is -2.35. The van der Waals surface area contributed by atoms with Gasteiger partial charge in [-0.15, -0.1) is 0 Å². The molecule has 0 unspecified atom stereocenters. The topological polar surface area (TPSA) is 26.0 Å². The summed E-state index contributed by atoms with van der Waals surface area (Å²) in [4.78, 5) is 4.81. The van der Waals surface area contributed by atoms with E-state index in [1.165, 1.54) is 49.7 Å². The molecule has 0 bridgehead atoms. The fourth-order valence-electron chi connectivity index (χ4n) is 6.88. The van der Waals surface area contributed by atoms with E-state index in [4.69, 9.17) is 9.40 Å². The molecule has 1 aliphatic carbocycles. The first-order valence-electron chi connectivity index (χ1n) is 13.7. The largest absolute Gasteiger partial charge is 0.455 e. The molecule has 0 saturated carbocycles. The van der Waals surface area contributed by atoms with Crippen molar-refractivity contribution in [3.8, 4) is 22.4 Å². The SMILES string of the molecule is Cc1cnc(-c2c(C)ccc3c2oc2cc4c(cc23)-c2ccccc2C4(CC(C)C)CC(C)C)cc1C. The van der Waals surface area contributed by atoms with E-state index in [2.05, 4.69) is 103 Å². The maximum Gasteiger partial charge on any atom is 0.145 e. The van der Waals surface area contributed by atoms with Crippen molar-refractivity contribution in [2.45, 2.75) is 66.7 Å². The first kappa shape index (κ1) is 24.0. The standard InChI is InChI=1S/C35H37NO/c1-20(2)17-35(18-21(3)4)29-11-9-8-10-25(29)27-15-28-26-13-12-22(5)33(31-14-23(6)24(7)19-36-31)34(26)37-32(28)16-30(27)35/h8-16,19-21H,17-18H2,1-7H3. The smallest absolute Gasteiger partial charge is 0.145 e. The van der Waals surface area contributed by atoms with Crippen LogP contribution in [0.25, 0.3) is 44.3 Å². The van der Waals surface area contributed by atoms with Crippen LogP contribution in [0.15, 0.2) is 65.2 Å². The first-order chi connectivity index (χ1) is 17.7. The monoisotopic (exact) mass is 487 g/mol. The summed E-state index contributed by atoms with van der Waals surface area (Å²) in [6.45, 7) is 15.8. The number of rotatable bonds is 5. The second-order valence-electron chi connectivity index (χ2n) is 12.1. The van der Waals surface area contributed by atoms with Crippen molar-refractivity contribution in [1.29, 1.82) is 0 Å². The molecule has 6 rings (SSSR count). The summed E-state index contributed by atoms with van der Waals surface area (Å²) in [6.07, 6.45) is 4.25. The van der Waals surface area contributed by atoms with Crippen LogP contribution in [0.1, 0.15) is 68.4 Å². The van der Waals surface area contributed by atoms with Gasteiger partial charge in [-0.3, -0.25) is 4.98 Å². The molecule has 0 saturated heterocycles. The third-order valence-corrected chi connectivity index (χ3v) is 8.38. The van der Waals surface area contributed by atoms with Crippen LogP contribution in [0, 0.1) is 32.6 Å². The highest BCUT2D eigenvalue weighted by Crippen LogP contribution is 2.56. The summed E-state index contributed by atoms with van der Waals surface area (Å²) < 4.78 is 6.78. The van der Waals surface area contributed by atoms with Crippen molar-refractivity contribution in [3.05, 3.63) is 88.6 Å². The molecule has 0 radical (unpaired) electrons.